The Morgan fingerprint density at radius 3 is 2.36 bits per heavy atom. The third-order valence-corrected chi connectivity index (χ3v) is 7.53. The van der Waals surface area contributed by atoms with Crippen molar-refractivity contribution in [1.29, 1.82) is 0 Å². The number of carbonyl (C=O) groups is 1. The monoisotopic (exact) mass is 472 g/mol. The molecule has 0 spiro atoms. The van der Waals surface area contributed by atoms with Crippen LogP contribution in [0.2, 0.25) is 0 Å². The van der Waals surface area contributed by atoms with Gasteiger partial charge in [-0.25, -0.2) is 17.5 Å². The van der Waals surface area contributed by atoms with Crippen LogP contribution in [0, 0.1) is 18.7 Å². The van der Waals surface area contributed by atoms with Gasteiger partial charge >= 0.3 is 0 Å². The van der Waals surface area contributed by atoms with E-state index in [-0.39, 0.29) is 22.5 Å². The number of nitrogens with zero attached hydrogens (tertiary/aromatic N) is 5. The van der Waals surface area contributed by atoms with Crippen LogP contribution in [0.4, 0.5) is 4.39 Å². The molecule has 1 fully saturated rings. The summed E-state index contributed by atoms with van der Waals surface area (Å²) in [6, 6.07) is 12.0. The molecule has 174 valence electrons. The van der Waals surface area contributed by atoms with Crippen molar-refractivity contribution in [2.24, 2.45) is 11.7 Å². The van der Waals surface area contributed by atoms with Crippen molar-refractivity contribution < 1.29 is 17.6 Å². The Bertz CT molecular complexity index is 1220. The van der Waals surface area contributed by atoms with Gasteiger partial charge in [-0.05, 0) is 73.1 Å². The SMILES string of the molecule is Cc1ccc(S(=O)(=O)Cn2nnnc2[C@H](c2ccc(F)cc2)N2CCC(C(N)=O)CC2)cc1. The van der Waals surface area contributed by atoms with E-state index in [4.69, 9.17) is 5.73 Å². The number of nitrogens with two attached hydrogens (primary N) is 1. The van der Waals surface area contributed by atoms with Crippen molar-refractivity contribution >= 4 is 15.7 Å². The maximum atomic E-state index is 13.6. The topological polar surface area (TPSA) is 124 Å². The molecule has 2 heterocycles. The normalized spacial score (nSPS) is 16.5. The number of benzene rings is 2. The number of amides is 1. The number of tetrazole rings is 1. The summed E-state index contributed by atoms with van der Waals surface area (Å²) in [5.41, 5.74) is 7.14. The summed E-state index contributed by atoms with van der Waals surface area (Å²) in [6.07, 6.45) is 1.13. The Hall–Kier alpha value is -3.18. The van der Waals surface area contributed by atoms with Crippen molar-refractivity contribution in [2.45, 2.75) is 36.6 Å². The summed E-state index contributed by atoms with van der Waals surface area (Å²) in [7, 11) is -3.71. The summed E-state index contributed by atoms with van der Waals surface area (Å²) in [6.45, 7) is 2.95. The first-order valence-electron chi connectivity index (χ1n) is 10.6. The zero-order valence-corrected chi connectivity index (χ0v) is 18.9. The number of aryl methyl sites for hydroxylation is 1. The first kappa shape index (κ1) is 23.0. The van der Waals surface area contributed by atoms with Gasteiger partial charge in [-0.3, -0.25) is 9.69 Å². The molecule has 3 aromatic rings. The van der Waals surface area contributed by atoms with Gasteiger partial charge in [0.2, 0.25) is 5.91 Å². The van der Waals surface area contributed by atoms with Gasteiger partial charge in [-0.1, -0.05) is 29.8 Å². The zero-order chi connectivity index (χ0) is 23.6. The number of piperidine rings is 1. The number of likely N-dealkylation sites (tertiary alicyclic amines) is 1. The number of halogens is 1. The summed E-state index contributed by atoms with van der Waals surface area (Å²) < 4.78 is 40.9. The van der Waals surface area contributed by atoms with Crippen molar-refractivity contribution in [3.05, 3.63) is 71.3 Å². The van der Waals surface area contributed by atoms with Gasteiger partial charge in [-0.15, -0.1) is 5.10 Å². The highest BCUT2D eigenvalue weighted by Crippen LogP contribution is 2.31. The quantitative estimate of drug-likeness (QED) is 0.556. The molecule has 1 atom stereocenters. The summed E-state index contributed by atoms with van der Waals surface area (Å²) >= 11 is 0. The van der Waals surface area contributed by atoms with E-state index in [1.165, 1.54) is 16.8 Å². The fraction of sp³-hybridized carbons (Fsp3) is 0.364. The van der Waals surface area contributed by atoms with E-state index in [0.717, 1.165) is 11.1 Å². The number of hydrogen-bond donors (Lipinski definition) is 1. The molecule has 33 heavy (non-hydrogen) atoms. The smallest absolute Gasteiger partial charge is 0.220 e. The van der Waals surface area contributed by atoms with Crippen LogP contribution in [-0.2, 0) is 20.5 Å². The molecule has 1 saturated heterocycles. The fourth-order valence-corrected chi connectivity index (χ4v) is 5.30. The molecule has 0 aliphatic carbocycles. The number of aromatic nitrogens is 4. The molecule has 1 amide bonds. The molecule has 0 unspecified atom stereocenters. The third-order valence-electron chi connectivity index (χ3n) is 5.96. The minimum atomic E-state index is -3.71. The van der Waals surface area contributed by atoms with Gasteiger partial charge < -0.3 is 5.73 Å². The second-order valence-corrected chi connectivity index (χ2v) is 10.2. The van der Waals surface area contributed by atoms with Crippen LogP contribution >= 0.6 is 0 Å². The van der Waals surface area contributed by atoms with E-state index in [0.29, 0.717) is 31.8 Å². The Kier molecular flexibility index (Phi) is 6.52. The fourth-order valence-electron chi connectivity index (χ4n) is 4.09. The molecule has 11 heteroatoms. The molecular formula is C22H25FN6O3S. The lowest BCUT2D eigenvalue weighted by atomic mass is 9.93. The predicted octanol–water partition coefficient (Wildman–Crippen LogP) is 1.84. The van der Waals surface area contributed by atoms with Gasteiger partial charge in [0.1, 0.15) is 5.82 Å². The third kappa shape index (κ3) is 5.09. The van der Waals surface area contributed by atoms with Crippen LogP contribution in [0.5, 0.6) is 0 Å². The van der Waals surface area contributed by atoms with Crippen molar-refractivity contribution in [2.75, 3.05) is 13.1 Å². The standard InChI is InChI=1S/C22H25FN6O3S/c1-15-2-8-19(9-3-15)33(31,32)14-29-22(25-26-27-29)20(16-4-6-18(23)7-5-16)28-12-10-17(11-13-28)21(24)30/h2-9,17,20H,10-14H2,1H3,(H2,24,30)/t20-/m0/s1. The molecule has 0 radical (unpaired) electrons. The van der Waals surface area contributed by atoms with Crippen LogP contribution < -0.4 is 5.73 Å². The average Bonchev–Trinajstić information content (AvgIpc) is 3.23. The van der Waals surface area contributed by atoms with Crippen molar-refractivity contribution in [3.8, 4) is 0 Å². The molecule has 0 bridgehead atoms. The first-order chi connectivity index (χ1) is 15.7. The molecule has 1 aliphatic heterocycles. The second-order valence-electron chi connectivity index (χ2n) is 8.26. The van der Waals surface area contributed by atoms with Crippen LogP contribution in [-0.4, -0.2) is 52.5 Å². The summed E-state index contributed by atoms with van der Waals surface area (Å²) in [5, 5.41) is 11.8. The van der Waals surface area contributed by atoms with Crippen LogP contribution in [0.25, 0.3) is 0 Å². The average molecular weight is 473 g/mol. The molecule has 0 saturated carbocycles. The van der Waals surface area contributed by atoms with E-state index < -0.39 is 21.8 Å². The summed E-state index contributed by atoms with van der Waals surface area (Å²) in [5.74, 6) is -1.04. The molecule has 1 aromatic heterocycles. The van der Waals surface area contributed by atoms with E-state index in [2.05, 4.69) is 20.4 Å². The number of primary amides is 1. The van der Waals surface area contributed by atoms with Crippen LogP contribution in [0.1, 0.15) is 35.8 Å². The number of hydrogen-bond acceptors (Lipinski definition) is 7. The van der Waals surface area contributed by atoms with Crippen LogP contribution in [0.15, 0.2) is 53.4 Å². The minimum absolute atomic E-state index is 0.176. The lowest BCUT2D eigenvalue weighted by molar-refractivity contribution is -0.123. The van der Waals surface area contributed by atoms with Crippen molar-refractivity contribution in [1.82, 2.24) is 25.1 Å². The van der Waals surface area contributed by atoms with E-state index in [1.807, 2.05) is 6.92 Å². The molecule has 4 rings (SSSR count). The molecule has 9 nitrogen and oxygen atoms in total. The molecular weight excluding hydrogens is 447 g/mol. The van der Waals surface area contributed by atoms with Gasteiger partial charge in [-0.2, -0.15) is 0 Å². The number of rotatable bonds is 7. The van der Waals surface area contributed by atoms with E-state index >= 15 is 0 Å². The van der Waals surface area contributed by atoms with E-state index in [1.54, 1.807) is 36.4 Å². The summed E-state index contributed by atoms with van der Waals surface area (Å²) in [4.78, 5) is 13.8. The maximum Gasteiger partial charge on any atom is 0.220 e. The van der Waals surface area contributed by atoms with Gasteiger partial charge in [0.25, 0.3) is 0 Å². The Balaban J connectivity index is 1.67. The van der Waals surface area contributed by atoms with Crippen LogP contribution in [0.3, 0.4) is 0 Å². The molecule has 2 N–H and O–H groups in total. The lowest BCUT2D eigenvalue weighted by Crippen LogP contribution is -2.41. The van der Waals surface area contributed by atoms with Gasteiger partial charge in [0.05, 0.1) is 10.9 Å². The van der Waals surface area contributed by atoms with Crippen molar-refractivity contribution in [3.63, 3.8) is 0 Å². The second kappa shape index (κ2) is 9.36. The van der Waals surface area contributed by atoms with Gasteiger partial charge in [0.15, 0.2) is 21.5 Å². The zero-order valence-electron chi connectivity index (χ0n) is 18.1. The predicted molar refractivity (Wildman–Crippen MR) is 118 cm³/mol. The highest BCUT2D eigenvalue weighted by atomic mass is 32.2. The highest BCUT2D eigenvalue weighted by Gasteiger charge is 2.33. The van der Waals surface area contributed by atoms with E-state index in [9.17, 15) is 17.6 Å². The minimum Gasteiger partial charge on any atom is -0.369 e. The molecule has 1 aliphatic rings. The Morgan fingerprint density at radius 2 is 1.76 bits per heavy atom. The maximum absolute atomic E-state index is 13.6. The number of carbonyl (C=O) groups excluding carboxylic acids is 1. The largest absolute Gasteiger partial charge is 0.369 e. The molecule has 2 aromatic carbocycles. The highest BCUT2D eigenvalue weighted by molar-refractivity contribution is 7.90. The Morgan fingerprint density at radius 1 is 1.12 bits per heavy atom. The lowest BCUT2D eigenvalue weighted by Gasteiger charge is -2.36. The van der Waals surface area contributed by atoms with Gasteiger partial charge in [0, 0.05) is 5.92 Å². The Labute approximate surface area is 191 Å². The first-order valence-corrected chi connectivity index (χ1v) is 12.2. The number of sulfone groups is 1.